The molecule has 1 aliphatic heterocycles. The minimum atomic E-state index is -4.56. The number of rotatable bonds is 7. The Hall–Kier alpha value is -4.26. The molecule has 5 aromatic rings. The van der Waals surface area contributed by atoms with Crippen LogP contribution in [0.4, 0.5) is 18.9 Å². The molecule has 1 amide bonds. The van der Waals surface area contributed by atoms with Crippen LogP contribution in [0.5, 0.6) is 11.6 Å². The molecule has 1 saturated heterocycles. The lowest BCUT2D eigenvalue weighted by atomic mass is 10.0. The van der Waals surface area contributed by atoms with Crippen molar-refractivity contribution in [2.45, 2.75) is 19.6 Å². The number of hydrogen-bond acceptors (Lipinski definition) is 7. The largest absolute Gasteiger partial charge is 0.437 e. The molecule has 6 rings (SSSR count). The van der Waals surface area contributed by atoms with Crippen molar-refractivity contribution >= 4 is 34.0 Å². The van der Waals surface area contributed by atoms with Crippen molar-refractivity contribution in [3.63, 3.8) is 0 Å². The van der Waals surface area contributed by atoms with Gasteiger partial charge < -0.3 is 19.9 Å². The van der Waals surface area contributed by atoms with Crippen LogP contribution >= 0.6 is 11.3 Å². The first-order chi connectivity index (χ1) is 20.6. The van der Waals surface area contributed by atoms with Crippen molar-refractivity contribution in [3.05, 3.63) is 87.7 Å². The first-order valence-corrected chi connectivity index (χ1v) is 14.7. The predicted octanol–water partition coefficient (Wildman–Crippen LogP) is 6.81. The number of aromatic amines is 1. The number of alkyl halides is 3. The van der Waals surface area contributed by atoms with Gasteiger partial charge in [-0.15, -0.1) is 0 Å². The average molecular weight is 607 g/mol. The van der Waals surface area contributed by atoms with E-state index in [4.69, 9.17) is 4.74 Å². The molecular formula is C31H29F3N6O2S. The third-order valence-corrected chi connectivity index (χ3v) is 8.16. The van der Waals surface area contributed by atoms with E-state index in [1.54, 1.807) is 24.4 Å². The number of halogens is 3. The van der Waals surface area contributed by atoms with Crippen LogP contribution in [0, 0.1) is 6.92 Å². The lowest BCUT2D eigenvalue weighted by molar-refractivity contribution is -0.138. The summed E-state index contributed by atoms with van der Waals surface area (Å²) < 4.78 is 48.3. The standard InChI is InChI=1S/C31H29F3N6O2S/c1-19-3-4-20(15-26(19)42-30-27-25(7-9-35-27)37-28(38-30)22-8-14-43-18-22)29(41)36-23-6-5-21(24(16-23)31(32,33)34)17-40-12-10-39(2)11-13-40/h3-9,14-16,18,35H,10-13,17H2,1-2H3,(H,36,41). The summed E-state index contributed by atoms with van der Waals surface area (Å²) in [6.07, 6.45) is -2.82. The van der Waals surface area contributed by atoms with Crippen molar-refractivity contribution in [2.24, 2.45) is 0 Å². The molecule has 0 spiro atoms. The third kappa shape index (κ3) is 6.41. The molecule has 0 saturated carbocycles. The number of carbonyl (C=O) groups is 1. The maximum absolute atomic E-state index is 14.0. The van der Waals surface area contributed by atoms with Gasteiger partial charge in [0, 0.05) is 61.1 Å². The predicted molar refractivity (Wildman–Crippen MR) is 161 cm³/mol. The maximum Gasteiger partial charge on any atom is 0.416 e. The molecule has 1 aliphatic rings. The van der Waals surface area contributed by atoms with E-state index in [0.717, 1.165) is 30.3 Å². The van der Waals surface area contributed by atoms with Gasteiger partial charge in [0.1, 0.15) is 11.3 Å². The summed E-state index contributed by atoms with van der Waals surface area (Å²) in [5, 5.41) is 6.50. The highest BCUT2D eigenvalue weighted by atomic mass is 32.1. The number of nitrogens with one attached hydrogen (secondary N) is 2. The molecule has 0 radical (unpaired) electrons. The van der Waals surface area contributed by atoms with E-state index in [9.17, 15) is 18.0 Å². The minimum absolute atomic E-state index is 0.0618. The normalized spacial score (nSPS) is 14.7. The quantitative estimate of drug-likeness (QED) is 0.212. The zero-order chi connectivity index (χ0) is 30.1. The molecule has 43 heavy (non-hydrogen) atoms. The summed E-state index contributed by atoms with van der Waals surface area (Å²) in [5.74, 6) is 0.627. The van der Waals surface area contributed by atoms with Gasteiger partial charge >= 0.3 is 6.18 Å². The number of hydrogen-bond donors (Lipinski definition) is 2. The number of aryl methyl sites for hydroxylation is 1. The molecule has 2 aromatic carbocycles. The van der Waals surface area contributed by atoms with E-state index in [2.05, 4.69) is 25.2 Å². The molecule has 0 atom stereocenters. The van der Waals surface area contributed by atoms with E-state index in [1.165, 1.54) is 23.5 Å². The Bertz CT molecular complexity index is 1760. The van der Waals surface area contributed by atoms with Gasteiger partial charge in [0.05, 0.1) is 11.1 Å². The summed E-state index contributed by atoms with van der Waals surface area (Å²) >= 11 is 1.53. The zero-order valence-corrected chi connectivity index (χ0v) is 24.4. The number of thiophene rings is 1. The van der Waals surface area contributed by atoms with Crippen molar-refractivity contribution in [2.75, 3.05) is 38.5 Å². The fourth-order valence-corrected chi connectivity index (χ4v) is 5.61. The fraction of sp³-hybridized carbons (Fsp3) is 0.258. The molecular weight excluding hydrogens is 577 g/mol. The van der Waals surface area contributed by atoms with E-state index in [-0.39, 0.29) is 23.4 Å². The Labute approximate surface area is 250 Å². The SMILES string of the molecule is Cc1ccc(C(=O)Nc2ccc(CN3CCN(C)CC3)c(C(F)(F)F)c2)cc1Oc1nc(-c2ccsc2)nc2cc[nH]c12. The number of fused-ring (bicyclic) bond motifs is 1. The van der Waals surface area contributed by atoms with Gasteiger partial charge in [-0.25, -0.2) is 4.98 Å². The summed E-state index contributed by atoms with van der Waals surface area (Å²) in [4.78, 5) is 29.7. The van der Waals surface area contributed by atoms with Crippen LogP contribution in [0.2, 0.25) is 0 Å². The van der Waals surface area contributed by atoms with Gasteiger partial charge in [-0.05, 0) is 66.9 Å². The third-order valence-electron chi connectivity index (χ3n) is 7.47. The van der Waals surface area contributed by atoms with Gasteiger partial charge in [0.15, 0.2) is 5.82 Å². The highest BCUT2D eigenvalue weighted by molar-refractivity contribution is 7.08. The number of piperazine rings is 1. The Morgan fingerprint density at radius 1 is 1.07 bits per heavy atom. The first-order valence-electron chi connectivity index (χ1n) is 13.7. The molecule has 222 valence electrons. The number of likely N-dealkylation sites (N-methyl/N-ethyl adjacent to an activating group) is 1. The summed E-state index contributed by atoms with van der Waals surface area (Å²) in [7, 11) is 2.00. The van der Waals surface area contributed by atoms with E-state index in [1.807, 2.05) is 41.8 Å². The number of benzene rings is 2. The summed E-state index contributed by atoms with van der Waals surface area (Å²) in [5.41, 5.74) is 2.60. The number of aromatic nitrogens is 3. The molecule has 8 nitrogen and oxygen atoms in total. The molecule has 3 aromatic heterocycles. The maximum atomic E-state index is 14.0. The van der Waals surface area contributed by atoms with Crippen LogP contribution in [-0.4, -0.2) is 63.9 Å². The molecule has 12 heteroatoms. The van der Waals surface area contributed by atoms with Gasteiger partial charge in [-0.3, -0.25) is 9.69 Å². The topological polar surface area (TPSA) is 86.4 Å². The van der Waals surface area contributed by atoms with Crippen LogP contribution < -0.4 is 10.1 Å². The Kier molecular flexibility index (Phi) is 7.91. The van der Waals surface area contributed by atoms with E-state index < -0.39 is 17.6 Å². The number of H-pyrrole nitrogens is 1. The van der Waals surface area contributed by atoms with Gasteiger partial charge in [0.2, 0.25) is 5.88 Å². The van der Waals surface area contributed by atoms with Crippen LogP contribution in [0.1, 0.15) is 27.0 Å². The van der Waals surface area contributed by atoms with Crippen molar-refractivity contribution in [1.82, 2.24) is 24.8 Å². The first kappa shape index (κ1) is 28.8. The van der Waals surface area contributed by atoms with E-state index in [0.29, 0.717) is 41.6 Å². The van der Waals surface area contributed by atoms with Crippen molar-refractivity contribution in [1.29, 1.82) is 0 Å². The molecule has 0 aliphatic carbocycles. The molecule has 1 fully saturated rings. The van der Waals surface area contributed by atoms with Crippen LogP contribution in [-0.2, 0) is 12.7 Å². The van der Waals surface area contributed by atoms with Gasteiger partial charge in [0.25, 0.3) is 5.91 Å². The monoisotopic (exact) mass is 606 g/mol. The minimum Gasteiger partial charge on any atom is -0.437 e. The van der Waals surface area contributed by atoms with Gasteiger partial charge in [-0.2, -0.15) is 29.5 Å². The second kappa shape index (κ2) is 11.8. The zero-order valence-electron chi connectivity index (χ0n) is 23.5. The molecule has 4 heterocycles. The number of anilines is 1. The van der Waals surface area contributed by atoms with Crippen LogP contribution in [0.15, 0.2) is 65.5 Å². The van der Waals surface area contributed by atoms with Crippen LogP contribution in [0.25, 0.3) is 22.4 Å². The summed E-state index contributed by atoms with van der Waals surface area (Å²) in [6, 6.07) is 12.6. The van der Waals surface area contributed by atoms with Gasteiger partial charge in [-0.1, -0.05) is 12.1 Å². The average Bonchev–Trinajstić information content (AvgIpc) is 3.68. The second-order valence-corrected chi connectivity index (χ2v) is 11.4. The number of amides is 1. The second-order valence-electron chi connectivity index (χ2n) is 10.6. The summed E-state index contributed by atoms with van der Waals surface area (Å²) in [6.45, 7) is 5.04. The van der Waals surface area contributed by atoms with Crippen molar-refractivity contribution in [3.8, 4) is 23.0 Å². The molecule has 2 N–H and O–H groups in total. The Morgan fingerprint density at radius 2 is 1.88 bits per heavy atom. The highest BCUT2D eigenvalue weighted by Gasteiger charge is 2.34. The number of carbonyl (C=O) groups excluding carboxylic acids is 1. The molecule has 0 bridgehead atoms. The lowest BCUT2D eigenvalue weighted by Gasteiger charge is -2.33. The molecule has 0 unspecified atom stereocenters. The highest BCUT2D eigenvalue weighted by Crippen LogP contribution is 2.35. The smallest absolute Gasteiger partial charge is 0.416 e. The Morgan fingerprint density at radius 3 is 2.63 bits per heavy atom. The van der Waals surface area contributed by atoms with Crippen LogP contribution in [0.3, 0.4) is 0 Å². The Balaban J connectivity index is 1.23. The lowest BCUT2D eigenvalue weighted by Crippen LogP contribution is -2.44. The van der Waals surface area contributed by atoms with E-state index >= 15 is 0 Å². The number of nitrogens with zero attached hydrogens (tertiary/aromatic N) is 4. The van der Waals surface area contributed by atoms with Crippen molar-refractivity contribution < 1.29 is 22.7 Å². The fourth-order valence-electron chi connectivity index (χ4n) is 4.97. The number of ether oxygens (including phenoxy) is 1.